The highest BCUT2D eigenvalue weighted by atomic mass is 32.1. The second kappa shape index (κ2) is 5.94. The summed E-state index contributed by atoms with van der Waals surface area (Å²) in [6.45, 7) is 0.458. The molecule has 7 heteroatoms. The third-order valence-corrected chi connectivity index (χ3v) is 3.94. The summed E-state index contributed by atoms with van der Waals surface area (Å²) in [6.07, 6.45) is 0.838. The van der Waals surface area contributed by atoms with Crippen molar-refractivity contribution in [2.75, 3.05) is 0 Å². The van der Waals surface area contributed by atoms with E-state index in [0.717, 1.165) is 9.75 Å². The Hall–Kier alpha value is -1.73. The van der Waals surface area contributed by atoms with Crippen LogP contribution in [0.15, 0.2) is 12.1 Å². The SMILES string of the molecule is NCc1ccc(CC(=O)NC2CCC(=O)NC2=O)s1. The summed E-state index contributed by atoms with van der Waals surface area (Å²) in [7, 11) is 0. The Labute approximate surface area is 114 Å². The molecule has 2 heterocycles. The first-order chi connectivity index (χ1) is 9.08. The predicted molar refractivity (Wildman–Crippen MR) is 70.2 cm³/mol. The highest BCUT2D eigenvalue weighted by Gasteiger charge is 2.27. The number of nitrogens with one attached hydrogen (secondary N) is 2. The molecule has 1 aliphatic rings. The van der Waals surface area contributed by atoms with Gasteiger partial charge in [-0.3, -0.25) is 19.7 Å². The summed E-state index contributed by atoms with van der Waals surface area (Å²) >= 11 is 1.48. The molecule has 1 unspecified atom stereocenters. The van der Waals surface area contributed by atoms with Crippen LogP contribution in [0.2, 0.25) is 0 Å². The molecule has 4 N–H and O–H groups in total. The van der Waals surface area contributed by atoms with Crippen LogP contribution in [-0.2, 0) is 27.3 Å². The van der Waals surface area contributed by atoms with Crippen molar-refractivity contribution in [1.29, 1.82) is 0 Å². The zero-order valence-corrected chi connectivity index (χ0v) is 11.1. The van der Waals surface area contributed by atoms with E-state index in [1.165, 1.54) is 11.3 Å². The van der Waals surface area contributed by atoms with Crippen molar-refractivity contribution in [1.82, 2.24) is 10.6 Å². The van der Waals surface area contributed by atoms with Crippen LogP contribution in [0.1, 0.15) is 22.6 Å². The van der Waals surface area contributed by atoms with Crippen molar-refractivity contribution >= 4 is 29.1 Å². The van der Waals surface area contributed by atoms with Gasteiger partial charge in [0, 0.05) is 22.7 Å². The van der Waals surface area contributed by atoms with Gasteiger partial charge in [0.2, 0.25) is 17.7 Å². The molecule has 3 amide bonds. The largest absolute Gasteiger partial charge is 0.344 e. The zero-order chi connectivity index (χ0) is 13.8. The highest BCUT2D eigenvalue weighted by Crippen LogP contribution is 2.16. The van der Waals surface area contributed by atoms with Gasteiger partial charge >= 0.3 is 0 Å². The highest BCUT2D eigenvalue weighted by molar-refractivity contribution is 7.12. The summed E-state index contributed by atoms with van der Waals surface area (Å²) < 4.78 is 0. The molecule has 1 aliphatic heterocycles. The number of thiophene rings is 1. The van der Waals surface area contributed by atoms with Crippen molar-refractivity contribution in [2.24, 2.45) is 5.73 Å². The summed E-state index contributed by atoms with van der Waals surface area (Å²) in [6, 6.07) is 3.13. The Morgan fingerprint density at radius 2 is 2.16 bits per heavy atom. The lowest BCUT2D eigenvalue weighted by atomic mass is 10.1. The van der Waals surface area contributed by atoms with E-state index in [4.69, 9.17) is 5.73 Å². The number of carbonyl (C=O) groups is 3. The van der Waals surface area contributed by atoms with Crippen LogP contribution < -0.4 is 16.4 Å². The first-order valence-electron chi connectivity index (χ1n) is 5.99. The van der Waals surface area contributed by atoms with Gasteiger partial charge < -0.3 is 11.1 Å². The first kappa shape index (κ1) is 13.7. The third-order valence-electron chi connectivity index (χ3n) is 2.83. The lowest BCUT2D eigenvalue weighted by Crippen LogP contribution is -2.52. The molecule has 1 fully saturated rings. The molecule has 1 saturated heterocycles. The molecule has 0 spiro atoms. The molecule has 1 aromatic rings. The Bertz CT molecular complexity index is 512. The Kier molecular flexibility index (Phi) is 4.28. The molecular formula is C12H15N3O3S. The fraction of sp³-hybridized carbons (Fsp3) is 0.417. The number of imide groups is 1. The van der Waals surface area contributed by atoms with E-state index in [0.29, 0.717) is 13.0 Å². The number of nitrogens with two attached hydrogens (primary N) is 1. The maximum Gasteiger partial charge on any atom is 0.249 e. The van der Waals surface area contributed by atoms with Crippen LogP contribution >= 0.6 is 11.3 Å². The minimum atomic E-state index is -0.612. The van der Waals surface area contributed by atoms with Gasteiger partial charge in [-0.1, -0.05) is 0 Å². The molecule has 1 aromatic heterocycles. The summed E-state index contributed by atoms with van der Waals surface area (Å²) in [5.41, 5.74) is 5.50. The maximum absolute atomic E-state index is 11.8. The molecule has 102 valence electrons. The minimum Gasteiger partial charge on any atom is -0.344 e. The molecule has 1 atom stereocenters. The third kappa shape index (κ3) is 3.62. The average Bonchev–Trinajstić information content (AvgIpc) is 2.80. The number of rotatable bonds is 4. The van der Waals surface area contributed by atoms with Gasteiger partial charge in [0.15, 0.2) is 0 Å². The zero-order valence-electron chi connectivity index (χ0n) is 10.3. The van der Waals surface area contributed by atoms with E-state index in [1.807, 2.05) is 12.1 Å². The second-order valence-corrected chi connectivity index (χ2v) is 5.57. The molecule has 19 heavy (non-hydrogen) atoms. The number of amides is 3. The van der Waals surface area contributed by atoms with Crippen LogP contribution in [0.3, 0.4) is 0 Å². The Balaban J connectivity index is 1.87. The van der Waals surface area contributed by atoms with E-state index < -0.39 is 11.9 Å². The fourth-order valence-corrected chi connectivity index (χ4v) is 2.76. The van der Waals surface area contributed by atoms with E-state index in [9.17, 15) is 14.4 Å². The fourth-order valence-electron chi connectivity index (χ4n) is 1.86. The van der Waals surface area contributed by atoms with Crippen LogP contribution in [-0.4, -0.2) is 23.8 Å². The van der Waals surface area contributed by atoms with Gasteiger partial charge in [-0.25, -0.2) is 0 Å². The number of hydrogen-bond donors (Lipinski definition) is 3. The minimum absolute atomic E-state index is 0.222. The quantitative estimate of drug-likeness (QED) is 0.658. The van der Waals surface area contributed by atoms with Crippen molar-refractivity contribution < 1.29 is 14.4 Å². The van der Waals surface area contributed by atoms with Gasteiger partial charge in [0.25, 0.3) is 0 Å². The first-order valence-corrected chi connectivity index (χ1v) is 6.81. The van der Waals surface area contributed by atoms with Gasteiger partial charge in [-0.2, -0.15) is 0 Å². The van der Waals surface area contributed by atoms with Gasteiger partial charge in [-0.15, -0.1) is 11.3 Å². The smallest absolute Gasteiger partial charge is 0.249 e. The monoisotopic (exact) mass is 281 g/mol. The number of hydrogen-bond acceptors (Lipinski definition) is 5. The van der Waals surface area contributed by atoms with Crippen molar-refractivity contribution in [3.63, 3.8) is 0 Å². The molecule has 0 aromatic carbocycles. The van der Waals surface area contributed by atoms with E-state index in [-0.39, 0.29) is 24.7 Å². The van der Waals surface area contributed by atoms with Crippen LogP contribution in [0.4, 0.5) is 0 Å². The second-order valence-electron chi connectivity index (χ2n) is 4.32. The Morgan fingerprint density at radius 3 is 2.79 bits per heavy atom. The molecule has 0 bridgehead atoms. The summed E-state index contributed by atoms with van der Waals surface area (Å²) in [5.74, 6) is -0.945. The van der Waals surface area contributed by atoms with Crippen molar-refractivity contribution in [3.05, 3.63) is 21.9 Å². The molecular weight excluding hydrogens is 266 g/mol. The Morgan fingerprint density at radius 1 is 1.42 bits per heavy atom. The number of piperidine rings is 1. The molecule has 6 nitrogen and oxygen atoms in total. The standard InChI is InChI=1S/C12H15N3O3S/c13-6-8-2-1-7(19-8)5-11(17)14-9-3-4-10(16)15-12(9)18/h1-2,9H,3-6,13H2,(H,14,17)(H,15,16,18). The lowest BCUT2D eigenvalue weighted by molar-refractivity contribution is -0.137. The summed E-state index contributed by atoms with van der Waals surface area (Å²) in [4.78, 5) is 36.2. The van der Waals surface area contributed by atoms with E-state index in [2.05, 4.69) is 10.6 Å². The molecule has 2 rings (SSSR count). The predicted octanol–water partition coefficient (Wildman–Crippen LogP) is -0.329. The van der Waals surface area contributed by atoms with Gasteiger partial charge in [0.05, 0.1) is 6.42 Å². The van der Waals surface area contributed by atoms with Crippen LogP contribution in [0, 0.1) is 0 Å². The summed E-state index contributed by atoms with van der Waals surface area (Å²) in [5, 5.41) is 4.84. The molecule has 0 aliphatic carbocycles. The normalized spacial score (nSPS) is 19.1. The van der Waals surface area contributed by atoms with E-state index >= 15 is 0 Å². The van der Waals surface area contributed by atoms with Crippen molar-refractivity contribution in [2.45, 2.75) is 31.8 Å². The average molecular weight is 281 g/mol. The van der Waals surface area contributed by atoms with Crippen LogP contribution in [0.5, 0.6) is 0 Å². The maximum atomic E-state index is 11.8. The molecule has 0 saturated carbocycles. The lowest BCUT2D eigenvalue weighted by Gasteiger charge is -2.21. The van der Waals surface area contributed by atoms with Gasteiger partial charge in [-0.05, 0) is 18.6 Å². The number of carbonyl (C=O) groups excluding carboxylic acids is 3. The van der Waals surface area contributed by atoms with Crippen molar-refractivity contribution in [3.8, 4) is 0 Å². The molecule has 0 radical (unpaired) electrons. The van der Waals surface area contributed by atoms with Crippen LogP contribution in [0.25, 0.3) is 0 Å². The van der Waals surface area contributed by atoms with E-state index in [1.54, 1.807) is 0 Å². The topological polar surface area (TPSA) is 101 Å². The van der Waals surface area contributed by atoms with Gasteiger partial charge in [0.1, 0.15) is 6.04 Å².